The molecule has 16 rings (SSSR count). The fourth-order valence-electron chi connectivity index (χ4n) is 13.5. The number of ether oxygens (including phenoxy) is 2. The number of para-hydroxylation sites is 4. The first-order valence-corrected chi connectivity index (χ1v) is 25.9. The summed E-state index contributed by atoms with van der Waals surface area (Å²) in [5.41, 5.74) is 21.1. The summed E-state index contributed by atoms with van der Waals surface area (Å²) in [7, 11) is 0. The average molecular weight is 956 g/mol. The lowest BCUT2D eigenvalue weighted by molar-refractivity contribution is 0.436. The number of benzene rings is 12. The summed E-state index contributed by atoms with van der Waals surface area (Å²) in [5.74, 6) is 3.50. The van der Waals surface area contributed by atoms with Gasteiger partial charge in [-0.15, -0.1) is 0 Å². The van der Waals surface area contributed by atoms with Crippen LogP contribution in [-0.2, 0) is 10.8 Å². The fraction of sp³-hybridized carbons (Fsp3) is 0.0278. The third kappa shape index (κ3) is 5.81. The minimum absolute atomic E-state index is 0.630. The Morgan fingerprint density at radius 1 is 0.253 bits per heavy atom. The molecule has 0 fully saturated rings. The maximum absolute atomic E-state index is 6.83. The molecule has 4 aliphatic rings. The second kappa shape index (κ2) is 15.9. The Labute approximate surface area is 435 Å². The topological polar surface area (TPSA) is 21.7 Å². The number of anilines is 3. The minimum atomic E-state index is -0.670. The van der Waals surface area contributed by atoms with Gasteiger partial charge < -0.3 is 14.4 Å². The monoisotopic (exact) mass is 955 g/mol. The van der Waals surface area contributed by atoms with Crippen molar-refractivity contribution in [2.45, 2.75) is 10.8 Å². The molecular weight excluding hydrogens is 911 g/mol. The molecule has 0 unspecified atom stereocenters. The van der Waals surface area contributed by atoms with Crippen LogP contribution in [0.5, 0.6) is 23.0 Å². The number of nitrogens with zero attached hydrogens (tertiary/aromatic N) is 1. The summed E-state index contributed by atoms with van der Waals surface area (Å²) in [6.45, 7) is 0. The van der Waals surface area contributed by atoms with Crippen LogP contribution in [0.3, 0.4) is 0 Å². The number of fused-ring (bicyclic) bond motifs is 20. The highest BCUT2D eigenvalue weighted by molar-refractivity contribution is 6.05. The van der Waals surface area contributed by atoms with Crippen molar-refractivity contribution in [2.24, 2.45) is 0 Å². The summed E-state index contributed by atoms with van der Waals surface area (Å²) in [6, 6.07) is 100. The molecular formula is C72H45NO2. The second-order valence-electron chi connectivity index (χ2n) is 20.2. The van der Waals surface area contributed by atoms with E-state index >= 15 is 0 Å². The van der Waals surface area contributed by atoms with E-state index in [4.69, 9.17) is 9.47 Å². The van der Waals surface area contributed by atoms with Crippen LogP contribution in [0.2, 0.25) is 0 Å². The summed E-state index contributed by atoms with van der Waals surface area (Å²) >= 11 is 0. The molecule has 0 saturated carbocycles. The Hall–Kier alpha value is -9.70. The van der Waals surface area contributed by atoms with E-state index in [1.54, 1.807) is 0 Å². The molecule has 0 radical (unpaired) electrons. The van der Waals surface area contributed by atoms with Gasteiger partial charge in [0.1, 0.15) is 23.0 Å². The lowest BCUT2D eigenvalue weighted by atomic mass is 9.66. The Morgan fingerprint density at radius 2 is 0.653 bits per heavy atom. The number of hydrogen-bond acceptors (Lipinski definition) is 3. The maximum atomic E-state index is 6.83. The van der Waals surface area contributed by atoms with Crippen LogP contribution in [-0.4, -0.2) is 0 Å². The molecule has 350 valence electrons. The first-order valence-electron chi connectivity index (χ1n) is 25.9. The highest BCUT2D eigenvalue weighted by Crippen LogP contribution is 2.65. The molecule has 0 aromatic heterocycles. The van der Waals surface area contributed by atoms with Crippen LogP contribution in [0, 0.1) is 0 Å². The van der Waals surface area contributed by atoms with E-state index in [0.717, 1.165) is 67.9 Å². The van der Waals surface area contributed by atoms with Crippen LogP contribution in [0.4, 0.5) is 17.1 Å². The molecule has 0 amide bonds. The second-order valence-corrected chi connectivity index (χ2v) is 20.2. The van der Waals surface area contributed by atoms with E-state index in [0.29, 0.717) is 0 Å². The molecule has 75 heavy (non-hydrogen) atoms. The van der Waals surface area contributed by atoms with Crippen molar-refractivity contribution in [3.63, 3.8) is 0 Å². The third-order valence-corrected chi connectivity index (χ3v) is 16.6. The summed E-state index contributed by atoms with van der Waals surface area (Å²) in [5, 5.41) is 2.46. The average Bonchev–Trinajstić information content (AvgIpc) is 4.05. The Morgan fingerprint density at radius 3 is 1.23 bits per heavy atom. The zero-order valence-corrected chi connectivity index (χ0v) is 40.7. The van der Waals surface area contributed by atoms with Gasteiger partial charge in [-0.2, -0.15) is 0 Å². The zero-order chi connectivity index (χ0) is 49.2. The summed E-state index contributed by atoms with van der Waals surface area (Å²) in [6.07, 6.45) is 0. The first kappa shape index (κ1) is 41.9. The molecule has 0 bridgehead atoms. The largest absolute Gasteiger partial charge is 0.457 e. The van der Waals surface area contributed by atoms with Gasteiger partial charge in [-0.1, -0.05) is 212 Å². The number of hydrogen-bond donors (Lipinski definition) is 0. The van der Waals surface area contributed by atoms with Gasteiger partial charge in [0.15, 0.2) is 0 Å². The predicted molar refractivity (Wildman–Crippen MR) is 304 cm³/mol. The van der Waals surface area contributed by atoms with Gasteiger partial charge in [0.2, 0.25) is 0 Å². The predicted octanol–water partition coefficient (Wildman–Crippen LogP) is 18.6. The molecule has 3 nitrogen and oxygen atoms in total. The minimum Gasteiger partial charge on any atom is -0.457 e. The van der Waals surface area contributed by atoms with E-state index in [9.17, 15) is 0 Å². The van der Waals surface area contributed by atoms with Crippen molar-refractivity contribution in [1.29, 1.82) is 0 Å². The van der Waals surface area contributed by atoms with E-state index in [1.807, 2.05) is 0 Å². The van der Waals surface area contributed by atoms with Crippen LogP contribution < -0.4 is 14.4 Å². The smallest absolute Gasteiger partial charge is 0.132 e. The van der Waals surface area contributed by atoms with Crippen molar-refractivity contribution in [2.75, 3.05) is 4.90 Å². The summed E-state index contributed by atoms with van der Waals surface area (Å²) < 4.78 is 13.6. The van der Waals surface area contributed by atoms with Gasteiger partial charge in [-0.05, 0) is 138 Å². The molecule has 12 aromatic rings. The first-order chi connectivity index (χ1) is 37.2. The van der Waals surface area contributed by atoms with Crippen LogP contribution in [0.1, 0.15) is 44.5 Å². The van der Waals surface area contributed by atoms with Gasteiger partial charge >= 0.3 is 0 Å². The van der Waals surface area contributed by atoms with E-state index < -0.39 is 10.8 Å². The standard InChI is InChI=1S/C72H45NO2/c1-2-16-46(17-3-1)47-30-32-48(33-31-47)49-34-37-51(38-35-49)73(52-39-41-56-55-20-6-7-21-58(55)71(64(56)44-52)59-22-8-12-26-66(59)74-67-27-13-9-23-60(67)71)53-40-42-57-65(45-53)72(63-43-36-50-18-4-5-19-54(50)70(57)63)61-24-10-14-28-68(61)75-69-29-15-11-25-62(69)72/h1-45H. The quantitative estimate of drug-likeness (QED) is 0.172. The third-order valence-electron chi connectivity index (χ3n) is 16.6. The van der Waals surface area contributed by atoms with Gasteiger partial charge in [0, 0.05) is 39.3 Å². The molecule has 0 atom stereocenters. The van der Waals surface area contributed by atoms with Crippen molar-refractivity contribution >= 4 is 27.8 Å². The Kier molecular flexibility index (Phi) is 8.88. The Balaban J connectivity index is 0.947. The van der Waals surface area contributed by atoms with Crippen LogP contribution in [0.25, 0.3) is 55.3 Å². The van der Waals surface area contributed by atoms with Gasteiger partial charge in [0.05, 0.1) is 10.8 Å². The zero-order valence-electron chi connectivity index (χ0n) is 40.7. The lowest BCUT2D eigenvalue weighted by Gasteiger charge is -2.40. The van der Waals surface area contributed by atoms with Crippen LogP contribution in [0.15, 0.2) is 273 Å². The SMILES string of the molecule is c1ccc(-c2ccc(-c3ccc(N(c4ccc5c(c4)C4(c6ccccc6Oc6ccccc64)c4ccccc4-5)c4ccc5c(c4)C4(c6ccccc6Oc6ccccc64)c4ccc6ccccc6c4-5)cc3)cc2)cc1. The lowest BCUT2D eigenvalue weighted by Crippen LogP contribution is -2.32. The molecule has 2 spiro atoms. The van der Waals surface area contributed by atoms with E-state index in [1.165, 1.54) is 72.0 Å². The molecule has 2 aliphatic carbocycles. The van der Waals surface area contributed by atoms with Crippen molar-refractivity contribution in [3.8, 4) is 67.5 Å². The normalized spacial score (nSPS) is 14.0. The van der Waals surface area contributed by atoms with Crippen molar-refractivity contribution in [3.05, 3.63) is 317 Å². The van der Waals surface area contributed by atoms with Gasteiger partial charge in [0.25, 0.3) is 0 Å². The maximum Gasteiger partial charge on any atom is 0.132 e. The molecule has 0 saturated heterocycles. The molecule has 2 aliphatic heterocycles. The highest BCUT2D eigenvalue weighted by Gasteiger charge is 2.53. The number of rotatable bonds is 5. The highest BCUT2D eigenvalue weighted by atomic mass is 16.5. The molecule has 12 aromatic carbocycles. The Bertz CT molecular complexity index is 4220. The molecule has 3 heteroatoms. The van der Waals surface area contributed by atoms with Gasteiger partial charge in [-0.3, -0.25) is 0 Å². The van der Waals surface area contributed by atoms with Gasteiger partial charge in [-0.25, -0.2) is 0 Å². The van der Waals surface area contributed by atoms with E-state index in [2.05, 4.69) is 278 Å². The molecule has 0 N–H and O–H groups in total. The van der Waals surface area contributed by atoms with Crippen molar-refractivity contribution in [1.82, 2.24) is 0 Å². The van der Waals surface area contributed by atoms with E-state index in [-0.39, 0.29) is 0 Å². The fourth-order valence-corrected chi connectivity index (χ4v) is 13.5. The van der Waals surface area contributed by atoms with Crippen LogP contribution >= 0.6 is 0 Å². The summed E-state index contributed by atoms with van der Waals surface area (Å²) in [4.78, 5) is 2.47. The molecule has 2 heterocycles. The van der Waals surface area contributed by atoms with Crippen molar-refractivity contribution < 1.29 is 9.47 Å².